The van der Waals surface area contributed by atoms with E-state index in [4.69, 9.17) is 44.3 Å². The molecule has 0 aromatic heterocycles. The molecular weight excluding hydrogens is 401 g/mol. The van der Waals surface area contributed by atoms with Crippen molar-refractivity contribution >= 4 is 52.9 Å². The Morgan fingerprint density at radius 1 is 1.27 bits per heavy atom. The maximum Gasteiger partial charge on any atom is 0.414 e. The minimum Gasteiger partial charge on any atom is -0.463 e. The predicted octanol–water partition coefficient (Wildman–Crippen LogP) is 5.17. The summed E-state index contributed by atoms with van der Waals surface area (Å²) in [6, 6.07) is 5.26. The highest BCUT2D eigenvalue weighted by Gasteiger charge is 2.33. The zero-order valence-electron chi connectivity index (χ0n) is 14.7. The summed E-state index contributed by atoms with van der Waals surface area (Å²) in [5, 5.41) is 0. The number of alkyl halides is 3. The summed E-state index contributed by atoms with van der Waals surface area (Å²) in [5.74, 6) is -0.410. The number of halogens is 3. The van der Waals surface area contributed by atoms with Crippen molar-refractivity contribution < 1.29 is 19.1 Å². The molecule has 2 rings (SSSR count). The molecule has 1 atom stereocenters. The number of carbonyl (C=O) groups is 2. The summed E-state index contributed by atoms with van der Waals surface area (Å²) < 4.78 is 8.59. The Balaban J connectivity index is 2.28. The van der Waals surface area contributed by atoms with Crippen molar-refractivity contribution in [3.63, 3.8) is 0 Å². The lowest BCUT2D eigenvalue weighted by Gasteiger charge is -2.32. The third kappa shape index (κ3) is 5.79. The van der Waals surface area contributed by atoms with Crippen molar-refractivity contribution in [2.24, 2.45) is 0 Å². The molecule has 0 N–H and O–H groups in total. The molecule has 26 heavy (non-hydrogen) atoms. The molecule has 5 nitrogen and oxygen atoms in total. The minimum atomic E-state index is -1.71. The molecule has 1 aliphatic heterocycles. The van der Waals surface area contributed by atoms with Crippen LogP contribution in [-0.2, 0) is 14.3 Å². The van der Waals surface area contributed by atoms with E-state index in [2.05, 4.69) is 0 Å². The number of fused-ring (bicyclic) bond motifs is 1. The zero-order chi connectivity index (χ0) is 19.5. The molecule has 1 heterocycles. The molecule has 0 aliphatic carbocycles. The lowest BCUT2D eigenvalue weighted by molar-refractivity contribution is -0.148. The van der Waals surface area contributed by atoms with Gasteiger partial charge < -0.3 is 9.47 Å². The van der Waals surface area contributed by atoms with Crippen LogP contribution in [0.25, 0.3) is 6.08 Å². The van der Waals surface area contributed by atoms with E-state index in [1.165, 1.54) is 4.90 Å². The molecule has 1 aromatic carbocycles. The Kier molecular flexibility index (Phi) is 6.83. The van der Waals surface area contributed by atoms with E-state index in [-0.39, 0.29) is 12.5 Å². The number of nitrogens with zero attached hydrogens (tertiary/aromatic N) is 1. The summed E-state index contributed by atoms with van der Waals surface area (Å²) in [5.41, 5.74) is 2.76. The SMILES string of the molecule is Cc1ccc2c(c1)[C@@H](CC(=O)OC(C)C)N(C(=O)OCC(Cl)(Cl)Cl)C=C2. The monoisotopic (exact) mass is 419 g/mol. The maximum absolute atomic E-state index is 12.5. The lowest BCUT2D eigenvalue weighted by Crippen LogP contribution is -2.36. The Labute approximate surface area is 167 Å². The molecule has 0 radical (unpaired) electrons. The first-order valence-electron chi connectivity index (χ1n) is 8.07. The molecule has 1 aromatic rings. The standard InChI is InChI=1S/C18H20Cl3NO4/c1-11(2)26-16(23)9-15-14-8-12(3)4-5-13(14)6-7-22(15)17(24)25-10-18(19,20)21/h4-8,11,15H,9-10H2,1-3H3/t15-/m1/s1. The average Bonchev–Trinajstić information content (AvgIpc) is 2.51. The van der Waals surface area contributed by atoms with Crippen molar-refractivity contribution in [2.75, 3.05) is 6.61 Å². The highest BCUT2D eigenvalue weighted by atomic mass is 35.6. The number of esters is 1. The van der Waals surface area contributed by atoms with Crippen LogP contribution < -0.4 is 0 Å². The second kappa shape index (κ2) is 8.51. The first-order chi connectivity index (χ1) is 12.1. The molecular formula is C18H20Cl3NO4. The number of hydrogen-bond acceptors (Lipinski definition) is 4. The largest absolute Gasteiger partial charge is 0.463 e. The first-order valence-corrected chi connectivity index (χ1v) is 9.20. The van der Waals surface area contributed by atoms with Gasteiger partial charge in [-0.05, 0) is 38.0 Å². The molecule has 0 unspecified atom stereocenters. The van der Waals surface area contributed by atoms with E-state index in [1.54, 1.807) is 26.1 Å². The van der Waals surface area contributed by atoms with Gasteiger partial charge in [0.25, 0.3) is 0 Å². The smallest absolute Gasteiger partial charge is 0.414 e. The van der Waals surface area contributed by atoms with Crippen LogP contribution in [0.15, 0.2) is 24.4 Å². The molecule has 1 aliphatic rings. The van der Waals surface area contributed by atoms with Gasteiger partial charge in [-0.1, -0.05) is 58.6 Å². The number of hydrogen-bond donors (Lipinski definition) is 0. The normalized spacial score (nSPS) is 16.4. The fourth-order valence-corrected chi connectivity index (χ4v) is 2.80. The average molecular weight is 421 g/mol. The van der Waals surface area contributed by atoms with Gasteiger partial charge in [-0.3, -0.25) is 9.69 Å². The number of carbonyl (C=O) groups excluding carboxylic acids is 2. The van der Waals surface area contributed by atoms with Crippen molar-refractivity contribution in [3.8, 4) is 0 Å². The first kappa shape index (κ1) is 20.9. The van der Waals surface area contributed by atoms with Gasteiger partial charge in [0.05, 0.1) is 18.6 Å². The molecule has 0 spiro atoms. The van der Waals surface area contributed by atoms with Gasteiger partial charge in [-0.25, -0.2) is 4.79 Å². The fourth-order valence-electron chi connectivity index (χ4n) is 2.63. The van der Waals surface area contributed by atoms with Crippen LogP contribution in [0.2, 0.25) is 0 Å². The number of benzene rings is 1. The van der Waals surface area contributed by atoms with Crippen LogP contribution in [0, 0.1) is 6.92 Å². The molecule has 0 bridgehead atoms. The Hall–Kier alpha value is -1.43. The Morgan fingerprint density at radius 2 is 1.96 bits per heavy atom. The number of amides is 1. The van der Waals surface area contributed by atoms with Crippen LogP contribution in [0.1, 0.15) is 43.0 Å². The summed E-state index contributed by atoms with van der Waals surface area (Å²) in [6.07, 6.45) is 2.37. The van der Waals surface area contributed by atoms with Gasteiger partial charge in [0.1, 0.15) is 6.61 Å². The van der Waals surface area contributed by atoms with E-state index in [1.807, 2.05) is 25.1 Å². The van der Waals surface area contributed by atoms with Crippen LogP contribution >= 0.6 is 34.8 Å². The van der Waals surface area contributed by atoms with Gasteiger partial charge >= 0.3 is 12.1 Å². The van der Waals surface area contributed by atoms with E-state index in [9.17, 15) is 9.59 Å². The number of aryl methyl sites for hydroxylation is 1. The topological polar surface area (TPSA) is 55.8 Å². The van der Waals surface area contributed by atoms with Gasteiger partial charge in [-0.15, -0.1) is 0 Å². The summed E-state index contributed by atoms with van der Waals surface area (Å²) in [4.78, 5) is 26.0. The van der Waals surface area contributed by atoms with E-state index >= 15 is 0 Å². The van der Waals surface area contributed by atoms with Crippen molar-refractivity contribution in [1.82, 2.24) is 4.90 Å². The third-order valence-electron chi connectivity index (χ3n) is 3.65. The number of rotatable bonds is 4. The van der Waals surface area contributed by atoms with Crippen LogP contribution in [0.5, 0.6) is 0 Å². The van der Waals surface area contributed by atoms with E-state index in [0.29, 0.717) is 0 Å². The fraction of sp³-hybridized carbons (Fsp3) is 0.444. The minimum absolute atomic E-state index is 0.0121. The van der Waals surface area contributed by atoms with E-state index < -0.39 is 28.5 Å². The molecule has 8 heteroatoms. The molecule has 0 fully saturated rings. The highest BCUT2D eigenvalue weighted by molar-refractivity contribution is 6.67. The quantitative estimate of drug-likeness (QED) is 0.498. The summed E-state index contributed by atoms with van der Waals surface area (Å²) in [7, 11) is 0. The Morgan fingerprint density at radius 3 is 2.58 bits per heavy atom. The number of ether oxygens (including phenoxy) is 2. The van der Waals surface area contributed by atoms with Gasteiger partial charge in [0.15, 0.2) is 0 Å². The second-order valence-electron chi connectivity index (χ2n) is 6.28. The van der Waals surface area contributed by atoms with Gasteiger partial charge in [-0.2, -0.15) is 0 Å². The summed E-state index contributed by atoms with van der Waals surface area (Å²) >= 11 is 16.9. The van der Waals surface area contributed by atoms with Crippen molar-refractivity contribution in [3.05, 3.63) is 41.1 Å². The van der Waals surface area contributed by atoms with Crippen molar-refractivity contribution in [1.29, 1.82) is 0 Å². The molecule has 0 saturated heterocycles. The van der Waals surface area contributed by atoms with Crippen LogP contribution in [0.4, 0.5) is 4.79 Å². The molecule has 142 valence electrons. The summed E-state index contributed by atoms with van der Waals surface area (Å²) in [6.45, 7) is 5.08. The van der Waals surface area contributed by atoms with Crippen LogP contribution in [0.3, 0.4) is 0 Å². The van der Waals surface area contributed by atoms with Gasteiger partial charge in [0.2, 0.25) is 3.79 Å². The van der Waals surface area contributed by atoms with Gasteiger partial charge in [0, 0.05) is 6.20 Å². The Bertz CT molecular complexity index is 713. The molecule has 0 saturated carbocycles. The highest BCUT2D eigenvalue weighted by Crippen LogP contribution is 2.35. The second-order valence-corrected chi connectivity index (χ2v) is 8.80. The molecule has 1 amide bonds. The third-order valence-corrected chi connectivity index (χ3v) is 3.98. The lowest BCUT2D eigenvalue weighted by atomic mass is 9.92. The maximum atomic E-state index is 12.5. The predicted molar refractivity (Wildman–Crippen MR) is 102 cm³/mol. The van der Waals surface area contributed by atoms with Crippen LogP contribution in [-0.4, -0.2) is 33.5 Å². The zero-order valence-corrected chi connectivity index (χ0v) is 16.9. The van der Waals surface area contributed by atoms with E-state index in [0.717, 1.165) is 16.7 Å². The van der Waals surface area contributed by atoms with Crippen molar-refractivity contribution in [2.45, 2.75) is 43.1 Å².